The van der Waals surface area contributed by atoms with Crippen LogP contribution in [0.5, 0.6) is 0 Å². The summed E-state index contributed by atoms with van der Waals surface area (Å²) in [5, 5.41) is 4.42. The van der Waals surface area contributed by atoms with Crippen molar-refractivity contribution in [1.82, 2.24) is 19.7 Å². The summed E-state index contributed by atoms with van der Waals surface area (Å²) in [7, 11) is 0. The zero-order valence-electron chi connectivity index (χ0n) is 9.26. The Morgan fingerprint density at radius 2 is 2.12 bits per heavy atom. The van der Waals surface area contributed by atoms with Crippen LogP contribution in [0.4, 0.5) is 0 Å². The van der Waals surface area contributed by atoms with Gasteiger partial charge in [-0.05, 0) is 12.0 Å². The molecule has 16 heavy (non-hydrogen) atoms. The normalized spacial score (nSPS) is 11.0. The zero-order valence-corrected chi connectivity index (χ0v) is 10.0. The average molecular weight is 237 g/mol. The number of rotatable bonds is 3. The number of alkyl halides is 1. The molecule has 2 heterocycles. The van der Waals surface area contributed by atoms with Crippen LogP contribution in [0.25, 0.3) is 5.82 Å². The molecule has 0 amide bonds. The standard InChI is InChI=1S/C11H13ClN4/c1-8(2)10-3-4-16(15-10)11-7-13-9(5-12)6-14-11/h3-4,6-8H,5H2,1-2H3. The van der Waals surface area contributed by atoms with Crippen LogP contribution in [0.2, 0.25) is 0 Å². The molecule has 2 aromatic heterocycles. The minimum absolute atomic E-state index is 0.379. The third-order valence-corrected chi connectivity index (χ3v) is 2.54. The molecular formula is C11H13ClN4. The van der Waals surface area contributed by atoms with Crippen molar-refractivity contribution >= 4 is 11.6 Å². The molecule has 84 valence electrons. The molecule has 0 spiro atoms. The summed E-state index contributed by atoms with van der Waals surface area (Å²) in [5.74, 6) is 1.50. The largest absolute Gasteiger partial charge is 0.254 e. The Balaban J connectivity index is 2.28. The third-order valence-electron chi connectivity index (χ3n) is 2.26. The predicted octanol–water partition coefficient (Wildman–Crippen LogP) is 2.52. The summed E-state index contributed by atoms with van der Waals surface area (Å²) in [6, 6.07) is 1.99. The summed E-state index contributed by atoms with van der Waals surface area (Å²) >= 11 is 5.65. The number of aromatic nitrogens is 4. The lowest BCUT2D eigenvalue weighted by molar-refractivity contribution is 0.753. The minimum atomic E-state index is 0.379. The highest BCUT2D eigenvalue weighted by atomic mass is 35.5. The summed E-state index contributed by atoms with van der Waals surface area (Å²) < 4.78 is 1.72. The molecule has 0 bridgehead atoms. The van der Waals surface area contributed by atoms with Crippen molar-refractivity contribution in [3.8, 4) is 5.82 Å². The maximum atomic E-state index is 5.65. The van der Waals surface area contributed by atoms with Crippen molar-refractivity contribution in [3.63, 3.8) is 0 Å². The van der Waals surface area contributed by atoms with E-state index in [0.29, 0.717) is 17.6 Å². The van der Waals surface area contributed by atoms with Crippen molar-refractivity contribution in [2.45, 2.75) is 25.6 Å². The Morgan fingerprint density at radius 1 is 1.31 bits per heavy atom. The fourth-order valence-electron chi connectivity index (χ4n) is 1.31. The van der Waals surface area contributed by atoms with Crippen LogP contribution in [-0.2, 0) is 5.88 Å². The maximum Gasteiger partial charge on any atom is 0.171 e. The van der Waals surface area contributed by atoms with Gasteiger partial charge in [-0.3, -0.25) is 4.98 Å². The lowest BCUT2D eigenvalue weighted by Gasteiger charge is -2.01. The zero-order chi connectivity index (χ0) is 11.5. The van der Waals surface area contributed by atoms with Gasteiger partial charge in [0.25, 0.3) is 0 Å². The summed E-state index contributed by atoms with van der Waals surface area (Å²) in [6.45, 7) is 4.21. The van der Waals surface area contributed by atoms with Crippen molar-refractivity contribution in [3.05, 3.63) is 36.0 Å². The highest BCUT2D eigenvalue weighted by Crippen LogP contribution is 2.12. The first kappa shape index (κ1) is 11.1. The first-order valence-electron chi connectivity index (χ1n) is 5.13. The number of halogens is 1. The van der Waals surface area contributed by atoms with Crippen LogP contribution in [0.15, 0.2) is 24.7 Å². The molecule has 0 saturated heterocycles. The van der Waals surface area contributed by atoms with E-state index in [0.717, 1.165) is 11.4 Å². The molecule has 5 heteroatoms. The fraction of sp³-hybridized carbons (Fsp3) is 0.364. The quantitative estimate of drug-likeness (QED) is 0.770. The van der Waals surface area contributed by atoms with Crippen molar-refractivity contribution in [2.24, 2.45) is 0 Å². The van der Waals surface area contributed by atoms with Gasteiger partial charge in [-0.15, -0.1) is 11.6 Å². The van der Waals surface area contributed by atoms with Gasteiger partial charge < -0.3 is 0 Å². The van der Waals surface area contributed by atoms with E-state index in [1.165, 1.54) is 0 Å². The van der Waals surface area contributed by atoms with Crippen molar-refractivity contribution < 1.29 is 0 Å². The Kier molecular flexibility index (Phi) is 3.19. The van der Waals surface area contributed by atoms with E-state index in [1.807, 2.05) is 12.3 Å². The van der Waals surface area contributed by atoms with Crippen LogP contribution >= 0.6 is 11.6 Å². The fourth-order valence-corrected chi connectivity index (χ4v) is 1.45. The van der Waals surface area contributed by atoms with Gasteiger partial charge in [-0.1, -0.05) is 13.8 Å². The van der Waals surface area contributed by atoms with Gasteiger partial charge in [0.2, 0.25) is 0 Å². The Hall–Kier alpha value is -1.42. The molecule has 0 aliphatic carbocycles. The highest BCUT2D eigenvalue weighted by Gasteiger charge is 2.05. The second-order valence-electron chi connectivity index (χ2n) is 3.84. The van der Waals surface area contributed by atoms with E-state index < -0.39 is 0 Å². The predicted molar refractivity (Wildman–Crippen MR) is 62.8 cm³/mol. The van der Waals surface area contributed by atoms with Crippen LogP contribution in [-0.4, -0.2) is 19.7 Å². The number of hydrogen-bond acceptors (Lipinski definition) is 3. The van der Waals surface area contributed by atoms with Gasteiger partial charge in [0.1, 0.15) is 0 Å². The SMILES string of the molecule is CC(C)c1ccn(-c2cnc(CCl)cn2)n1. The highest BCUT2D eigenvalue weighted by molar-refractivity contribution is 6.16. The molecule has 0 unspecified atom stereocenters. The minimum Gasteiger partial charge on any atom is -0.254 e. The molecule has 0 aliphatic rings. The topological polar surface area (TPSA) is 43.6 Å². The van der Waals surface area contributed by atoms with Crippen LogP contribution in [0, 0.1) is 0 Å². The van der Waals surface area contributed by atoms with Gasteiger partial charge in [0, 0.05) is 6.20 Å². The Bertz CT molecular complexity index is 461. The summed E-state index contributed by atoms with van der Waals surface area (Å²) in [4.78, 5) is 8.42. The Morgan fingerprint density at radius 3 is 2.62 bits per heavy atom. The van der Waals surface area contributed by atoms with E-state index >= 15 is 0 Å². The van der Waals surface area contributed by atoms with Gasteiger partial charge in [-0.2, -0.15) is 5.10 Å². The molecule has 0 aromatic carbocycles. The summed E-state index contributed by atoms with van der Waals surface area (Å²) in [6.07, 6.45) is 5.23. The maximum absolute atomic E-state index is 5.65. The molecule has 0 N–H and O–H groups in total. The number of nitrogens with zero attached hydrogens (tertiary/aromatic N) is 4. The molecule has 0 radical (unpaired) electrons. The smallest absolute Gasteiger partial charge is 0.171 e. The first-order chi connectivity index (χ1) is 7.70. The molecule has 0 saturated carbocycles. The van der Waals surface area contributed by atoms with Gasteiger partial charge in [0.05, 0.1) is 29.7 Å². The van der Waals surface area contributed by atoms with Crippen molar-refractivity contribution in [2.75, 3.05) is 0 Å². The van der Waals surface area contributed by atoms with Gasteiger partial charge in [-0.25, -0.2) is 9.67 Å². The molecular weight excluding hydrogens is 224 g/mol. The second-order valence-corrected chi connectivity index (χ2v) is 4.11. The number of hydrogen-bond donors (Lipinski definition) is 0. The lowest BCUT2D eigenvalue weighted by Crippen LogP contribution is -2.01. The van der Waals surface area contributed by atoms with E-state index in [-0.39, 0.29) is 0 Å². The average Bonchev–Trinajstić information content (AvgIpc) is 2.78. The van der Waals surface area contributed by atoms with E-state index in [1.54, 1.807) is 17.1 Å². The van der Waals surface area contributed by atoms with Gasteiger partial charge in [0.15, 0.2) is 5.82 Å². The van der Waals surface area contributed by atoms with Crippen LogP contribution < -0.4 is 0 Å². The monoisotopic (exact) mass is 236 g/mol. The lowest BCUT2D eigenvalue weighted by atomic mass is 10.1. The molecule has 4 nitrogen and oxygen atoms in total. The van der Waals surface area contributed by atoms with Crippen LogP contribution in [0.1, 0.15) is 31.2 Å². The third kappa shape index (κ3) is 2.22. The Labute approximate surface area is 99.3 Å². The molecule has 0 fully saturated rings. The molecule has 0 atom stereocenters. The molecule has 2 aromatic rings. The van der Waals surface area contributed by atoms with E-state index in [4.69, 9.17) is 11.6 Å². The first-order valence-corrected chi connectivity index (χ1v) is 5.67. The van der Waals surface area contributed by atoms with Crippen LogP contribution in [0.3, 0.4) is 0 Å². The van der Waals surface area contributed by atoms with E-state index in [2.05, 4.69) is 28.9 Å². The van der Waals surface area contributed by atoms with E-state index in [9.17, 15) is 0 Å². The van der Waals surface area contributed by atoms with Gasteiger partial charge >= 0.3 is 0 Å². The second kappa shape index (κ2) is 4.61. The molecule has 2 rings (SSSR count). The molecule has 0 aliphatic heterocycles. The summed E-state index contributed by atoms with van der Waals surface area (Å²) in [5.41, 5.74) is 1.81. The van der Waals surface area contributed by atoms with Crippen molar-refractivity contribution in [1.29, 1.82) is 0 Å².